The molecule has 0 aliphatic carbocycles. The molecule has 0 N–H and O–H groups in total. The summed E-state index contributed by atoms with van der Waals surface area (Å²) in [6.45, 7) is 6.22. The summed E-state index contributed by atoms with van der Waals surface area (Å²) in [6, 6.07) is 14.7. The molecule has 1 heterocycles. The lowest BCUT2D eigenvalue weighted by molar-refractivity contribution is -0.147. The third-order valence-electron chi connectivity index (χ3n) is 4.64. The van der Waals surface area contributed by atoms with E-state index in [1.807, 2.05) is 48.5 Å². The second-order valence-corrected chi connectivity index (χ2v) is 7.98. The van der Waals surface area contributed by atoms with E-state index in [-0.39, 0.29) is 0 Å². The summed E-state index contributed by atoms with van der Waals surface area (Å²) in [5, 5.41) is 0. The number of carbonyl (C=O) groups excluding carboxylic acids is 2. The minimum atomic E-state index is -0.832. The van der Waals surface area contributed by atoms with Gasteiger partial charge in [0, 0.05) is 6.54 Å². The number of methoxy groups -OCH3 is 1. The van der Waals surface area contributed by atoms with Crippen molar-refractivity contribution in [1.82, 2.24) is 4.90 Å². The lowest BCUT2D eigenvalue weighted by atomic mass is 9.92. The number of rotatable bonds is 4. The zero-order valence-corrected chi connectivity index (χ0v) is 17.3. The quantitative estimate of drug-likeness (QED) is 0.721. The van der Waals surface area contributed by atoms with E-state index in [1.54, 1.807) is 20.8 Å². The molecule has 6 heteroatoms. The van der Waals surface area contributed by atoms with Gasteiger partial charge in [-0.15, -0.1) is 0 Å². The summed E-state index contributed by atoms with van der Waals surface area (Å²) in [5.74, 6) is 0.233. The van der Waals surface area contributed by atoms with Crippen LogP contribution >= 0.6 is 0 Å². The molecule has 1 atom stereocenters. The Hall–Kier alpha value is -3.02. The number of carbonyl (C=O) groups is 2. The van der Waals surface area contributed by atoms with Gasteiger partial charge >= 0.3 is 12.1 Å². The monoisotopic (exact) mass is 397 g/mol. The van der Waals surface area contributed by atoms with E-state index < -0.39 is 23.7 Å². The average molecular weight is 397 g/mol. The summed E-state index contributed by atoms with van der Waals surface area (Å²) in [5.41, 5.74) is 2.13. The topological polar surface area (TPSA) is 65.1 Å². The largest absolute Gasteiger partial charge is 0.489 e. The molecular formula is C23H27NO5. The van der Waals surface area contributed by atoms with Gasteiger partial charge in [0.15, 0.2) is 6.04 Å². The fraction of sp³-hybridized carbons (Fsp3) is 0.391. The number of amides is 1. The Bertz CT molecular complexity index is 873. The number of hydrogen-bond acceptors (Lipinski definition) is 5. The van der Waals surface area contributed by atoms with Crippen molar-refractivity contribution in [2.45, 2.75) is 45.4 Å². The molecule has 0 fully saturated rings. The van der Waals surface area contributed by atoms with Crippen LogP contribution in [0.1, 0.15) is 43.5 Å². The molecule has 1 aliphatic rings. The van der Waals surface area contributed by atoms with Crippen molar-refractivity contribution < 1.29 is 23.8 Å². The number of ether oxygens (including phenoxy) is 3. The van der Waals surface area contributed by atoms with Gasteiger partial charge in [-0.05, 0) is 56.0 Å². The summed E-state index contributed by atoms with van der Waals surface area (Å²) >= 11 is 0. The first-order chi connectivity index (χ1) is 13.8. The molecule has 0 saturated heterocycles. The van der Waals surface area contributed by atoms with E-state index in [1.165, 1.54) is 12.0 Å². The Balaban J connectivity index is 1.82. The molecule has 0 aromatic heterocycles. The molecule has 2 aromatic rings. The average Bonchev–Trinajstić information content (AvgIpc) is 2.70. The molecule has 0 saturated carbocycles. The molecule has 1 amide bonds. The number of hydrogen-bond donors (Lipinski definition) is 0. The summed E-state index contributed by atoms with van der Waals surface area (Å²) in [7, 11) is 1.32. The Labute approximate surface area is 171 Å². The number of fused-ring (bicyclic) bond motifs is 1. The van der Waals surface area contributed by atoms with Gasteiger partial charge < -0.3 is 14.2 Å². The number of esters is 1. The molecular weight excluding hydrogens is 370 g/mol. The highest BCUT2D eigenvalue weighted by atomic mass is 16.6. The molecule has 0 spiro atoms. The molecule has 0 bridgehead atoms. The summed E-state index contributed by atoms with van der Waals surface area (Å²) in [6.07, 6.45) is 0.0768. The van der Waals surface area contributed by atoms with Crippen LogP contribution in [0.25, 0.3) is 0 Å². The molecule has 154 valence electrons. The Kier molecular flexibility index (Phi) is 6.11. The van der Waals surface area contributed by atoms with Crippen LogP contribution in [0.5, 0.6) is 5.75 Å². The molecule has 1 aliphatic heterocycles. The van der Waals surface area contributed by atoms with Crippen molar-refractivity contribution >= 4 is 12.1 Å². The fourth-order valence-electron chi connectivity index (χ4n) is 3.32. The zero-order valence-electron chi connectivity index (χ0n) is 17.3. The van der Waals surface area contributed by atoms with Crippen LogP contribution in [0.2, 0.25) is 0 Å². The first kappa shape index (κ1) is 20.7. The van der Waals surface area contributed by atoms with E-state index in [0.29, 0.717) is 19.6 Å². The van der Waals surface area contributed by atoms with Crippen LogP contribution in [0, 0.1) is 0 Å². The SMILES string of the molecule is COC(=O)[C@H]1c2ccc(OCc3ccccc3)cc2CCN1C(=O)OC(C)(C)C. The van der Waals surface area contributed by atoms with Crippen LogP contribution in [0.3, 0.4) is 0 Å². The fourth-order valence-corrected chi connectivity index (χ4v) is 3.32. The van der Waals surface area contributed by atoms with Crippen molar-refractivity contribution in [2.24, 2.45) is 0 Å². The molecule has 2 aromatic carbocycles. The summed E-state index contributed by atoms with van der Waals surface area (Å²) in [4.78, 5) is 26.6. The molecule has 6 nitrogen and oxygen atoms in total. The van der Waals surface area contributed by atoms with E-state index in [2.05, 4.69) is 0 Å². The van der Waals surface area contributed by atoms with E-state index in [0.717, 1.165) is 22.4 Å². The Morgan fingerprint density at radius 1 is 1.10 bits per heavy atom. The van der Waals surface area contributed by atoms with Crippen LogP contribution < -0.4 is 4.74 Å². The van der Waals surface area contributed by atoms with Gasteiger partial charge in [-0.25, -0.2) is 9.59 Å². The van der Waals surface area contributed by atoms with Crippen molar-refractivity contribution in [3.63, 3.8) is 0 Å². The van der Waals surface area contributed by atoms with Crippen molar-refractivity contribution in [3.05, 3.63) is 65.2 Å². The van der Waals surface area contributed by atoms with Gasteiger partial charge in [0.2, 0.25) is 0 Å². The minimum absolute atomic E-state index is 0.365. The lowest BCUT2D eigenvalue weighted by Gasteiger charge is -2.36. The van der Waals surface area contributed by atoms with Crippen LogP contribution in [0.15, 0.2) is 48.5 Å². The van der Waals surface area contributed by atoms with Gasteiger partial charge in [0.25, 0.3) is 0 Å². The Morgan fingerprint density at radius 3 is 2.48 bits per heavy atom. The third kappa shape index (κ3) is 5.08. The maximum absolute atomic E-state index is 12.7. The molecule has 0 unspecified atom stereocenters. The smallest absolute Gasteiger partial charge is 0.411 e. The van der Waals surface area contributed by atoms with E-state index in [9.17, 15) is 9.59 Å². The minimum Gasteiger partial charge on any atom is -0.489 e. The van der Waals surface area contributed by atoms with Gasteiger partial charge in [0.1, 0.15) is 18.0 Å². The predicted molar refractivity (Wildman–Crippen MR) is 109 cm³/mol. The number of benzene rings is 2. The third-order valence-corrected chi connectivity index (χ3v) is 4.64. The van der Waals surface area contributed by atoms with Crippen molar-refractivity contribution in [2.75, 3.05) is 13.7 Å². The van der Waals surface area contributed by atoms with Crippen LogP contribution in [0.4, 0.5) is 4.79 Å². The maximum atomic E-state index is 12.7. The van der Waals surface area contributed by atoms with Crippen LogP contribution in [-0.4, -0.2) is 36.2 Å². The second-order valence-electron chi connectivity index (χ2n) is 7.98. The lowest BCUT2D eigenvalue weighted by Crippen LogP contribution is -2.46. The first-order valence-corrected chi connectivity index (χ1v) is 9.65. The first-order valence-electron chi connectivity index (χ1n) is 9.65. The van der Waals surface area contributed by atoms with Gasteiger partial charge in [-0.2, -0.15) is 0 Å². The highest BCUT2D eigenvalue weighted by Gasteiger charge is 2.39. The van der Waals surface area contributed by atoms with Gasteiger partial charge in [0.05, 0.1) is 7.11 Å². The molecule has 3 rings (SSSR count). The highest BCUT2D eigenvalue weighted by molar-refractivity contribution is 5.84. The standard InChI is InChI=1S/C23H27NO5/c1-23(2,3)29-22(26)24-13-12-17-14-18(28-15-16-8-6-5-7-9-16)10-11-19(17)20(24)21(25)27-4/h5-11,14,20H,12-13,15H2,1-4H3/t20-/m1/s1. The number of nitrogens with zero attached hydrogens (tertiary/aromatic N) is 1. The second kappa shape index (κ2) is 8.55. The zero-order chi connectivity index (χ0) is 21.0. The van der Waals surface area contributed by atoms with E-state index >= 15 is 0 Å². The normalized spacial score (nSPS) is 16.0. The molecule has 29 heavy (non-hydrogen) atoms. The maximum Gasteiger partial charge on any atom is 0.411 e. The van der Waals surface area contributed by atoms with Crippen molar-refractivity contribution in [3.8, 4) is 5.75 Å². The summed E-state index contributed by atoms with van der Waals surface area (Å²) < 4.78 is 16.4. The van der Waals surface area contributed by atoms with Gasteiger partial charge in [-0.1, -0.05) is 36.4 Å². The van der Waals surface area contributed by atoms with E-state index in [4.69, 9.17) is 14.2 Å². The van der Waals surface area contributed by atoms with Crippen LogP contribution in [-0.2, 0) is 27.3 Å². The molecule has 0 radical (unpaired) electrons. The Morgan fingerprint density at radius 2 is 1.83 bits per heavy atom. The van der Waals surface area contributed by atoms with Crippen molar-refractivity contribution in [1.29, 1.82) is 0 Å². The highest BCUT2D eigenvalue weighted by Crippen LogP contribution is 2.34. The van der Waals surface area contributed by atoms with Gasteiger partial charge in [-0.3, -0.25) is 4.90 Å². The predicted octanol–water partition coefficient (Wildman–Crippen LogP) is 4.27.